The predicted octanol–water partition coefficient (Wildman–Crippen LogP) is 3.04. The molecule has 1 atom stereocenters. The lowest BCUT2D eigenvalue weighted by atomic mass is 10.1. The average Bonchev–Trinajstić information content (AvgIpc) is 3.63. The number of nitrogens with zero attached hydrogens (tertiary/aromatic N) is 6. The summed E-state index contributed by atoms with van der Waals surface area (Å²) in [6, 6.07) is 18.7. The van der Waals surface area contributed by atoms with Crippen LogP contribution in [-0.4, -0.2) is 57.2 Å². The molecule has 2 aromatic carbocycles. The minimum atomic E-state index is 0.181. The van der Waals surface area contributed by atoms with E-state index < -0.39 is 0 Å². The first-order valence-electron chi connectivity index (χ1n) is 12.0. The smallest absolute Gasteiger partial charge is 0.185 e. The second-order valence-electron chi connectivity index (χ2n) is 9.30. The molecule has 1 saturated heterocycles. The van der Waals surface area contributed by atoms with Crippen LogP contribution in [0.2, 0.25) is 0 Å². The van der Waals surface area contributed by atoms with Crippen LogP contribution in [0, 0.1) is 17.2 Å². The largest absolute Gasteiger partial charge is 0.395 e. The van der Waals surface area contributed by atoms with Crippen molar-refractivity contribution in [3.8, 4) is 34.4 Å². The number of aliphatic hydroxyl groups excluding tert-OH is 1. The van der Waals surface area contributed by atoms with E-state index >= 15 is 0 Å². The molecule has 8 heteroatoms. The minimum absolute atomic E-state index is 0.181. The average molecular weight is 466 g/mol. The van der Waals surface area contributed by atoms with Crippen LogP contribution in [0.15, 0.2) is 61.1 Å². The lowest BCUT2D eigenvalue weighted by molar-refractivity contribution is 0.289. The molecule has 176 valence electrons. The maximum atomic E-state index is 9.12. The Labute approximate surface area is 204 Å². The van der Waals surface area contributed by atoms with Crippen molar-refractivity contribution >= 4 is 5.69 Å². The molecule has 0 radical (unpaired) electrons. The molecule has 4 heterocycles. The highest BCUT2D eigenvalue weighted by atomic mass is 16.3. The zero-order valence-corrected chi connectivity index (χ0v) is 19.4. The van der Waals surface area contributed by atoms with Gasteiger partial charge in [-0.05, 0) is 66.4 Å². The molecule has 0 bridgehead atoms. The fourth-order valence-electron chi connectivity index (χ4n) is 5.24. The maximum absolute atomic E-state index is 9.12. The third-order valence-electron chi connectivity index (χ3n) is 7.06. The van der Waals surface area contributed by atoms with Gasteiger partial charge in [-0.15, -0.1) is 10.2 Å². The van der Waals surface area contributed by atoms with Crippen LogP contribution in [0.5, 0.6) is 0 Å². The predicted molar refractivity (Wildman–Crippen MR) is 134 cm³/mol. The Bertz CT molecular complexity index is 1400. The monoisotopic (exact) mass is 465 g/mol. The van der Waals surface area contributed by atoms with Crippen molar-refractivity contribution in [3.05, 3.63) is 72.2 Å². The van der Waals surface area contributed by atoms with E-state index in [0.29, 0.717) is 18.0 Å². The molecule has 0 saturated carbocycles. The number of nitrogens with one attached hydrogen (secondary N) is 1. The van der Waals surface area contributed by atoms with Gasteiger partial charge in [0.05, 0.1) is 29.6 Å². The van der Waals surface area contributed by atoms with E-state index in [9.17, 15) is 0 Å². The molecule has 1 fully saturated rings. The first kappa shape index (κ1) is 21.6. The van der Waals surface area contributed by atoms with Crippen LogP contribution in [0.3, 0.4) is 0 Å². The van der Waals surface area contributed by atoms with Gasteiger partial charge in [0.25, 0.3) is 0 Å². The molecule has 4 aromatic rings. The number of nitriles is 1. The van der Waals surface area contributed by atoms with E-state index in [1.165, 1.54) is 11.3 Å². The third-order valence-corrected chi connectivity index (χ3v) is 7.06. The Morgan fingerprint density at radius 1 is 1.11 bits per heavy atom. The van der Waals surface area contributed by atoms with Gasteiger partial charge in [0, 0.05) is 43.6 Å². The second kappa shape index (κ2) is 9.02. The summed E-state index contributed by atoms with van der Waals surface area (Å²) in [5, 5.41) is 30.1. The molecule has 0 aliphatic carbocycles. The van der Waals surface area contributed by atoms with Crippen LogP contribution < -0.4 is 10.2 Å². The Balaban J connectivity index is 1.31. The molecular formula is C27H27N7O. The number of anilines is 1. The van der Waals surface area contributed by atoms with Gasteiger partial charge in [0.15, 0.2) is 5.82 Å². The van der Waals surface area contributed by atoms with Crippen molar-refractivity contribution in [2.45, 2.75) is 13.0 Å². The summed E-state index contributed by atoms with van der Waals surface area (Å²) in [5.41, 5.74) is 7.42. The maximum Gasteiger partial charge on any atom is 0.185 e. The van der Waals surface area contributed by atoms with Crippen LogP contribution in [0.4, 0.5) is 5.69 Å². The Morgan fingerprint density at radius 3 is 2.83 bits per heavy atom. The summed E-state index contributed by atoms with van der Waals surface area (Å²) in [5.74, 6) is 1.42. The number of fused-ring (bicyclic) bond motifs is 5. The van der Waals surface area contributed by atoms with E-state index in [2.05, 4.69) is 66.1 Å². The van der Waals surface area contributed by atoms with E-state index in [1.807, 2.05) is 24.3 Å². The number of aliphatic hydroxyl groups is 1. The van der Waals surface area contributed by atoms with Gasteiger partial charge in [-0.1, -0.05) is 12.1 Å². The summed E-state index contributed by atoms with van der Waals surface area (Å²) in [7, 11) is 0. The fraction of sp³-hybridized carbons (Fsp3) is 0.296. The molecule has 35 heavy (non-hydrogen) atoms. The Morgan fingerprint density at radius 2 is 2.00 bits per heavy atom. The molecule has 2 aliphatic rings. The van der Waals surface area contributed by atoms with E-state index in [0.717, 1.165) is 60.9 Å². The van der Waals surface area contributed by atoms with Crippen molar-refractivity contribution in [1.29, 1.82) is 5.26 Å². The van der Waals surface area contributed by atoms with Crippen molar-refractivity contribution in [2.24, 2.45) is 5.92 Å². The lowest BCUT2D eigenvalue weighted by Gasteiger charge is -2.21. The van der Waals surface area contributed by atoms with Crippen LogP contribution >= 0.6 is 0 Å². The summed E-state index contributed by atoms with van der Waals surface area (Å²) in [6.45, 7) is 4.58. The van der Waals surface area contributed by atoms with Gasteiger partial charge < -0.3 is 19.9 Å². The van der Waals surface area contributed by atoms with Gasteiger partial charge >= 0.3 is 0 Å². The number of aromatic nitrogens is 4. The Kier molecular flexibility index (Phi) is 5.57. The molecule has 0 spiro atoms. The Hall–Kier alpha value is -3.93. The molecule has 2 N–H and O–H groups in total. The molecule has 8 nitrogen and oxygen atoms in total. The quantitative estimate of drug-likeness (QED) is 0.374. The highest BCUT2D eigenvalue weighted by Crippen LogP contribution is 2.35. The number of benzene rings is 2. The van der Waals surface area contributed by atoms with E-state index in [-0.39, 0.29) is 6.61 Å². The van der Waals surface area contributed by atoms with Crippen LogP contribution in [0.1, 0.15) is 17.5 Å². The highest BCUT2D eigenvalue weighted by Gasteiger charge is 2.25. The van der Waals surface area contributed by atoms with Gasteiger partial charge in [-0.3, -0.25) is 4.57 Å². The number of hydrogen-bond donors (Lipinski definition) is 2. The van der Waals surface area contributed by atoms with E-state index in [1.54, 1.807) is 6.33 Å². The summed E-state index contributed by atoms with van der Waals surface area (Å²) < 4.78 is 4.32. The summed E-state index contributed by atoms with van der Waals surface area (Å²) >= 11 is 0. The number of hydrogen-bond acceptors (Lipinski definition) is 6. The highest BCUT2D eigenvalue weighted by molar-refractivity contribution is 5.72. The van der Waals surface area contributed by atoms with Gasteiger partial charge in [-0.25, -0.2) is 0 Å². The van der Waals surface area contributed by atoms with Crippen LogP contribution in [0.25, 0.3) is 28.3 Å². The van der Waals surface area contributed by atoms with Crippen molar-refractivity contribution in [2.75, 3.05) is 37.7 Å². The molecule has 6 rings (SSSR count). The topological polar surface area (TPSA) is 94.9 Å². The molecule has 2 aromatic heterocycles. The van der Waals surface area contributed by atoms with Gasteiger partial charge in [0.1, 0.15) is 6.33 Å². The molecule has 2 aliphatic heterocycles. The molecule has 0 amide bonds. The van der Waals surface area contributed by atoms with Crippen molar-refractivity contribution < 1.29 is 5.11 Å². The van der Waals surface area contributed by atoms with Crippen molar-refractivity contribution in [1.82, 2.24) is 24.6 Å². The van der Waals surface area contributed by atoms with Crippen molar-refractivity contribution in [3.63, 3.8) is 0 Å². The first-order chi connectivity index (χ1) is 17.2. The zero-order valence-electron chi connectivity index (χ0n) is 19.4. The van der Waals surface area contributed by atoms with Gasteiger partial charge in [-0.2, -0.15) is 5.26 Å². The lowest BCUT2D eigenvalue weighted by Crippen LogP contribution is -2.28. The minimum Gasteiger partial charge on any atom is -0.395 e. The normalized spacial score (nSPS) is 16.3. The standard InChI is InChI=1S/C27H27N7O/c28-13-19-1-3-21(4-2-19)22-12-26-27-31-30-18-34(27)25-6-5-24(11-23(25)17-33(26)16-22)32-9-7-20(15-32)14-29-8-10-35/h1-6,11-12,16,18,20,29,35H,7-10,14-15,17H2. The summed E-state index contributed by atoms with van der Waals surface area (Å²) in [4.78, 5) is 2.46. The second-order valence-corrected chi connectivity index (χ2v) is 9.30. The fourth-order valence-corrected chi connectivity index (χ4v) is 5.24. The number of rotatable bonds is 6. The van der Waals surface area contributed by atoms with Crippen LogP contribution in [-0.2, 0) is 6.54 Å². The molecular weight excluding hydrogens is 438 g/mol. The zero-order chi connectivity index (χ0) is 23.8. The molecule has 1 unspecified atom stereocenters. The van der Waals surface area contributed by atoms with E-state index in [4.69, 9.17) is 10.4 Å². The van der Waals surface area contributed by atoms with Gasteiger partial charge in [0.2, 0.25) is 0 Å². The SMILES string of the molecule is N#Cc1ccc(-c2cc3n(c2)Cc2cc(N4CCC(CNCCO)C4)ccc2-n2cnnc2-3)cc1. The third kappa shape index (κ3) is 3.99. The summed E-state index contributed by atoms with van der Waals surface area (Å²) in [6.07, 6.45) is 5.10. The first-order valence-corrected chi connectivity index (χ1v) is 12.0.